The molecule has 0 unspecified atom stereocenters. The Hall–Kier alpha value is -3.68. The molecule has 0 saturated carbocycles. The molecule has 2 aromatic rings. The molecule has 2 heterocycles. The number of amides is 4. The highest BCUT2D eigenvalue weighted by atomic mass is 16.2. The number of hydrogen-bond donors (Lipinski definition) is 2. The Bertz CT molecular complexity index is 1060. The maximum atomic E-state index is 12.7. The van der Waals surface area contributed by atoms with Gasteiger partial charge in [0.1, 0.15) is 0 Å². The molecule has 1 saturated heterocycles. The first-order valence-corrected chi connectivity index (χ1v) is 10.2. The SMILES string of the molecule is CC(=O)Nc1ccc(NC(=O)[C@H]2CC(=O)N(c3ccc4c(c3)CCN4C(C)=O)C2)cc1. The summed E-state index contributed by atoms with van der Waals surface area (Å²) in [6.07, 6.45) is 0.898. The highest BCUT2D eigenvalue weighted by Gasteiger charge is 2.36. The van der Waals surface area contributed by atoms with Crippen molar-refractivity contribution in [3.05, 3.63) is 48.0 Å². The molecule has 8 nitrogen and oxygen atoms in total. The number of hydrogen-bond acceptors (Lipinski definition) is 4. The molecule has 160 valence electrons. The van der Waals surface area contributed by atoms with E-state index in [2.05, 4.69) is 10.6 Å². The van der Waals surface area contributed by atoms with Crippen molar-refractivity contribution < 1.29 is 19.2 Å². The summed E-state index contributed by atoms with van der Waals surface area (Å²) in [4.78, 5) is 51.5. The van der Waals surface area contributed by atoms with Gasteiger partial charge in [-0.3, -0.25) is 19.2 Å². The maximum Gasteiger partial charge on any atom is 0.229 e. The molecule has 1 atom stereocenters. The minimum atomic E-state index is -0.454. The topological polar surface area (TPSA) is 98.8 Å². The number of nitrogens with one attached hydrogen (secondary N) is 2. The van der Waals surface area contributed by atoms with E-state index in [0.29, 0.717) is 24.5 Å². The van der Waals surface area contributed by atoms with E-state index >= 15 is 0 Å². The number of carbonyl (C=O) groups excluding carboxylic acids is 4. The molecule has 1 fully saturated rings. The van der Waals surface area contributed by atoms with Crippen molar-refractivity contribution in [1.82, 2.24) is 0 Å². The van der Waals surface area contributed by atoms with Gasteiger partial charge in [-0.15, -0.1) is 0 Å². The summed E-state index contributed by atoms with van der Waals surface area (Å²) in [5, 5.41) is 5.51. The van der Waals surface area contributed by atoms with Gasteiger partial charge in [0.2, 0.25) is 23.6 Å². The van der Waals surface area contributed by atoms with Gasteiger partial charge in [0.25, 0.3) is 0 Å². The fraction of sp³-hybridized carbons (Fsp3) is 0.304. The van der Waals surface area contributed by atoms with Crippen molar-refractivity contribution >= 4 is 46.4 Å². The third-order valence-electron chi connectivity index (χ3n) is 5.62. The first kappa shape index (κ1) is 20.6. The molecule has 2 aromatic carbocycles. The van der Waals surface area contributed by atoms with Crippen molar-refractivity contribution in [3.63, 3.8) is 0 Å². The number of fused-ring (bicyclic) bond motifs is 1. The van der Waals surface area contributed by atoms with Gasteiger partial charge in [-0.1, -0.05) is 0 Å². The van der Waals surface area contributed by atoms with Crippen LogP contribution in [0.3, 0.4) is 0 Å². The van der Waals surface area contributed by atoms with E-state index in [-0.39, 0.29) is 30.0 Å². The fourth-order valence-corrected chi connectivity index (χ4v) is 4.10. The van der Waals surface area contributed by atoms with E-state index in [1.807, 2.05) is 18.2 Å². The van der Waals surface area contributed by atoms with Crippen LogP contribution in [-0.4, -0.2) is 36.7 Å². The van der Waals surface area contributed by atoms with Gasteiger partial charge >= 0.3 is 0 Å². The van der Waals surface area contributed by atoms with Crippen molar-refractivity contribution in [1.29, 1.82) is 0 Å². The van der Waals surface area contributed by atoms with Crippen LogP contribution in [0.25, 0.3) is 0 Å². The van der Waals surface area contributed by atoms with Crippen molar-refractivity contribution in [2.75, 3.05) is 33.5 Å². The monoisotopic (exact) mass is 420 g/mol. The van der Waals surface area contributed by atoms with Crippen LogP contribution >= 0.6 is 0 Å². The van der Waals surface area contributed by atoms with Crippen LogP contribution in [-0.2, 0) is 25.6 Å². The zero-order valence-electron chi connectivity index (χ0n) is 17.5. The zero-order chi connectivity index (χ0) is 22.1. The van der Waals surface area contributed by atoms with E-state index in [0.717, 1.165) is 23.4 Å². The van der Waals surface area contributed by atoms with Crippen LogP contribution in [0.2, 0.25) is 0 Å². The van der Waals surface area contributed by atoms with Gasteiger partial charge in [-0.25, -0.2) is 0 Å². The van der Waals surface area contributed by atoms with Gasteiger partial charge in [0, 0.05) is 56.1 Å². The van der Waals surface area contributed by atoms with Gasteiger partial charge in [-0.2, -0.15) is 0 Å². The summed E-state index contributed by atoms with van der Waals surface area (Å²) in [7, 11) is 0. The lowest BCUT2D eigenvalue weighted by Crippen LogP contribution is -2.28. The second kappa shape index (κ2) is 8.22. The summed E-state index contributed by atoms with van der Waals surface area (Å²) in [5.74, 6) is -0.924. The highest BCUT2D eigenvalue weighted by molar-refractivity contribution is 6.04. The lowest BCUT2D eigenvalue weighted by Gasteiger charge is -2.19. The minimum absolute atomic E-state index is 0.00518. The van der Waals surface area contributed by atoms with Crippen LogP contribution < -0.4 is 20.4 Å². The van der Waals surface area contributed by atoms with Crippen molar-refractivity contribution in [3.8, 4) is 0 Å². The van der Waals surface area contributed by atoms with E-state index in [1.165, 1.54) is 6.92 Å². The molecule has 0 radical (unpaired) electrons. The van der Waals surface area contributed by atoms with E-state index in [4.69, 9.17) is 0 Å². The molecule has 4 amide bonds. The number of nitrogens with zero attached hydrogens (tertiary/aromatic N) is 2. The smallest absolute Gasteiger partial charge is 0.229 e. The van der Waals surface area contributed by atoms with E-state index < -0.39 is 5.92 Å². The number of carbonyl (C=O) groups is 4. The van der Waals surface area contributed by atoms with Crippen LogP contribution in [0.5, 0.6) is 0 Å². The molecule has 0 aliphatic carbocycles. The average Bonchev–Trinajstić information content (AvgIpc) is 3.32. The Labute approximate surface area is 180 Å². The Morgan fingerprint density at radius 2 is 1.65 bits per heavy atom. The summed E-state index contributed by atoms with van der Waals surface area (Å²) in [6.45, 7) is 3.93. The lowest BCUT2D eigenvalue weighted by molar-refractivity contribution is -0.122. The first-order chi connectivity index (χ1) is 14.8. The van der Waals surface area contributed by atoms with Crippen LogP contribution in [0.1, 0.15) is 25.8 Å². The molecule has 2 aliphatic heterocycles. The summed E-state index contributed by atoms with van der Waals surface area (Å²) >= 11 is 0. The Balaban J connectivity index is 1.42. The third kappa shape index (κ3) is 4.28. The molecular weight excluding hydrogens is 396 g/mol. The predicted molar refractivity (Wildman–Crippen MR) is 118 cm³/mol. The van der Waals surface area contributed by atoms with Gasteiger partial charge < -0.3 is 20.4 Å². The van der Waals surface area contributed by atoms with E-state index in [1.54, 1.807) is 41.0 Å². The first-order valence-electron chi connectivity index (χ1n) is 10.2. The molecule has 0 bridgehead atoms. The van der Waals surface area contributed by atoms with Gasteiger partial charge in [0.15, 0.2) is 0 Å². The zero-order valence-corrected chi connectivity index (χ0v) is 17.5. The van der Waals surface area contributed by atoms with Crippen LogP contribution in [0, 0.1) is 5.92 Å². The Morgan fingerprint density at radius 1 is 0.968 bits per heavy atom. The Kier molecular flexibility index (Phi) is 5.46. The third-order valence-corrected chi connectivity index (χ3v) is 5.62. The second-order valence-corrected chi connectivity index (χ2v) is 7.89. The molecule has 2 aliphatic rings. The predicted octanol–water partition coefficient (Wildman–Crippen LogP) is 2.55. The highest BCUT2D eigenvalue weighted by Crippen LogP contribution is 2.34. The molecule has 8 heteroatoms. The number of anilines is 4. The van der Waals surface area contributed by atoms with Crippen LogP contribution in [0.15, 0.2) is 42.5 Å². The Morgan fingerprint density at radius 3 is 2.29 bits per heavy atom. The quantitative estimate of drug-likeness (QED) is 0.794. The molecular formula is C23H24N4O4. The van der Waals surface area contributed by atoms with Crippen molar-refractivity contribution in [2.45, 2.75) is 26.7 Å². The normalized spacial score (nSPS) is 17.5. The minimum Gasteiger partial charge on any atom is -0.326 e. The molecule has 0 spiro atoms. The van der Waals surface area contributed by atoms with E-state index in [9.17, 15) is 19.2 Å². The second-order valence-electron chi connectivity index (χ2n) is 7.89. The fourth-order valence-electron chi connectivity index (χ4n) is 4.10. The van der Waals surface area contributed by atoms with Gasteiger partial charge in [0.05, 0.1) is 5.92 Å². The van der Waals surface area contributed by atoms with Gasteiger partial charge in [-0.05, 0) is 54.4 Å². The lowest BCUT2D eigenvalue weighted by atomic mass is 10.1. The molecule has 4 rings (SSSR count). The largest absolute Gasteiger partial charge is 0.326 e. The summed E-state index contributed by atoms with van der Waals surface area (Å²) in [6, 6.07) is 12.5. The summed E-state index contributed by atoms with van der Waals surface area (Å²) < 4.78 is 0. The van der Waals surface area contributed by atoms with Crippen LogP contribution in [0.4, 0.5) is 22.7 Å². The number of benzene rings is 2. The van der Waals surface area contributed by atoms with Crippen molar-refractivity contribution in [2.24, 2.45) is 5.92 Å². The average molecular weight is 420 g/mol. The maximum absolute atomic E-state index is 12.7. The molecule has 0 aromatic heterocycles. The standard InChI is InChI=1S/C23H24N4O4/c1-14(28)24-18-3-5-19(6-4-18)25-23(31)17-12-22(30)27(13-17)20-7-8-21-16(11-20)9-10-26(21)15(2)29/h3-8,11,17H,9-10,12-13H2,1-2H3,(H,24,28)(H,25,31)/t17-/m0/s1. The number of rotatable bonds is 4. The molecule has 2 N–H and O–H groups in total. The summed E-state index contributed by atoms with van der Waals surface area (Å²) in [5.41, 5.74) is 3.93. The molecule has 31 heavy (non-hydrogen) atoms.